The standard InChI is InChI=1S/C16H21NO3/c1-12-11-14(17-15(19)16(2,3)20-4)9-8-13(12)7-5-6-10-18/h8-9,11,18H,6,10H2,1-4H3,(H,17,19). The number of benzene rings is 1. The van der Waals surface area contributed by atoms with Gasteiger partial charge in [0.15, 0.2) is 0 Å². The van der Waals surface area contributed by atoms with Gasteiger partial charge in [-0.05, 0) is 44.5 Å². The predicted molar refractivity (Wildman–Crippen MR) is 79.5 cm³/mol. The van der Waals surface area contributed by atoms with Crippen LogP contribution in [0.1, 0.15) is 31.4 Å². The monoisotopic (exact) mass is 275 g/mol. The van der Waals surface area contributed by atoms with Gasteiger partial charge in [0.05, 0.1) is 6.61 Å². The molecule has 1 amide bonds. The minimum absolute atomic E-state index is 0.0618. The van der Waals surface area contributed by atoms with Crippen molar-refractivity contribution in [3.8, 4) is 11.8 Å². The van der Waals surface area contributed by atoms with Gasteiger partial charge in [-0.25, -0.2) is 0 Å². The molecule has 0 atom stereocenters. The molecule has 1 aromatic carbocycles. The van der Waals surface area contributed by atoms with Gasteiger partial charge in [0.25, 0.3) is 5.91 Å². The van der Waals surface area contributed by atoms with Crippen molar-refractivity contribution in [3.63, 3.8) is 0 Å². The van der Waals surface area contributed by atoms with Crippen molar-refractivity contribution in [1.82, 2.24) is 0 Å². The second kappa shape index (κ2) is 7.09. The first-order chi connectivity index (χ1) is 9.40. The maximum atomic E-state index is 12.0. The van der Waals surface area contributed by atoms with Crippen LogP contribution in [-0.4, -0.2) is 30.3 Å². The van der Waals surface area contributed by atoms with E-state index in [0.29, 0.717) is 12.1 Å². The molecular formula is C16H21NO3. The number of aliphatic hydroxyl groups excluding tert-OH is 1. The molecule has 0 aromatic heterocycles. The fourth-order valence-corrected chi connectivity index (χ4v) is 1.47. The Balaban J connectivity index is 2.84. The molecule has 0 aliphatic rings. The van der Waals surface area contributed by atoms with E-state index >= 15 is 0 Å². The van der Waals surface area contributed by atoms with Crippen molar-refractivity contribution in [2.24, 2.45) is 0 Å². The van der Waals surface area contributed by atoms with E-state index in [1.165, 1.54) is 7.11 Å². The molecule has 2 N–H and O–H groups in total. The lowest BCUT2D eigenvalue weighted by Gasteiger charge is -2.21. The van der Waals surface area contributed by atoms with Crippen LogP contribution >= 0.6 is 0 Å². The van der Waals surface area contributed by atoms with Crippen LogP contribution in [0, 0.1) is 18.8 Å². The van der Waals surface area contributed by atoms with E-state index in [1.807, 2.05) is 19.1 Å². The first-order valence-electron chi connectivity index (χ1n) is 6.47. The highest BCUT2D eigenvalue weighted by Crippen LogP contribution is 2.17. The van der Waals surface area contributed by atoms with Crippen LogP contribution in [0.3, 0.4) is 0 Å². The Bertz CT molecular complexity index is 538. The van der Waals surface area contributed by atoms with E-state index in [-0.39, 0.29) is 12.5 Å². The molecule has 1 aromatic rings. The zero-order chi connectivity index (χ0) is 15.2. The summed E-state index contributed by atoms with van der Waals surface area (Å²) in [5.41, 5.74) is 1.71. The molecule has 0 heterocycles. The van der Waals surface area contributed by atoms with Crippen LogP contribution in [0.2, 0.25) is 0 Å². The molecule has 0 bridgehead atoms. The number of hydrogen-bond donors (Lipinski definition) is 2. The molecule has 1 rings (SSSR count). The molecule has 4 heteroatoms. The molecule has 0 unspecified atom stereocenters. The van der Waals surface area contributed by atoms with Gasteiger partial charge in [-0.3, -0.25) is 4.79 Å². The zero-order valence-electron chi connectivity index (χ0n) is 12.4. The summed E-state index contributed by atoms with van der Waals surface area (Å²) in [6.45, 7) is 5.42. The van der Waals surface area contributed by atoms with E-state index < -0.39 is 5.60 Å². The third kappa shape index (κ3) is 4.37. The minimum atomic E-state index is -0.868. The number of methoxy groups -OCH3 is 1. The van der Waals surface area contributed by atoms with Gasteiger partial charge >= 0.3 is 0 Å². The van der Waals surface area contributed by atoms with Gasteiger partial charge in [-0.1, -0.05) is 11.8 Å². The topological polar surface area (TPSA) is 58.6 Å². The third-order valence-electron chi connectivity index (χ3n) is 3.00. The molecule has 0 radical (unpaired) electrons. The van der Waals surface area contributed by atoms with E-state index in [4.69, 9.17) is 9.84 Å². The number of aryl methyl sites for hydroxylation is 1. The number of anilines is 1. The van der Waals surface area contributed by atoms with E-state index in [1.54, 1.807) is 19.9 Å². The van der Waals surface area contributed by atoms with E-state index in [0.717, 1.165) is 11.1 Å². The Morgan fingerprint density at radius 3 is 2.70 bits per heavy atom. The van der Waals surface area contributed by atoms with Gasteiger partial charge in [0, 0.05) is 24.8 Å². The number of hydrogen-bond acceptors (Lipinski definition) is 3. The highest BCUT2D eigenvalue weighted by Gasteiger charge is 2.26. The van der Waals surface area contributed by atoms with Crippen molar-refractivity contribution >= 4 is 11.6 Å². The summed E-state index contributed by atoms with van der Waals surface area (Å²) in [6.07, 6.45) is 0.458. The van der Waals surface area contributed by atoms with Gasteiger partial charge in [-0.15, -0.1) is 0 Å². The van der Waals surface area contributed by atoms with Crippen LogP contribution in [0.25, 0.3) is 0 Å². The number of amides is 1. The molecule has 0 aliphatic carbocycles. The Morgan fingerprint density at radius 2 is 2.15 bits per heavy atom. The minimum Gasteiger partial charge on any atom is -0.395 e. The summed E-state index contributed by atoms with van der Waals surface area (Å²) in [7, 11) is 1.50. The van der Waals surface area contributed by atoms with Gasteiger partial charge < -0.3 is 15.2 Å². The van der Waals surface area contributed by atoms with Crippen molar-refractivity contribution in [2.45, 2.75) is 32.8 Å². The third-order valence-corrected chi connectivity index (χ3v) is 3.00. The summed E-state index contributed by atoms with van der Waals surface area (Å²) in [4.78, 5) is 12.0. The Labute approximate surface area is 120 Å². The average Bonchev–Trinajstić information content (AvgIpc) is 2.41. The quantitative estimate of drug-likeness (QED) is 0.827. The highest BCUT2D eigenvalue weighted by atomic mass is 16.5. The van der Waals surface area contributed by atoms with Crippen LogP contribution < -0.4 is 5.32 Å². The van der Waals surface area contributed by atoms with Crippen molar-refractivity contribution in [2.75, 3.05) is 19.0 Å². The normalized spacial score (nSPS) is 10.7. The summed E-state index contributed by atoms with van der Waals surface area (Å²) in [5.74, 6) is 5.67. The Kier molecular flexibility index (Phi) is 5.75. The molecule has 0 fully saturated rings. The van der Waals surface area contributed by atoms with Gasteiger partial charge in [0.2, 0.25) is 0 Å². The molecule has 0 aliphatic heterocycles. The van der Waals surface area contributed by atoms with Crippen molar-refractivity contribution in [1.29, 1.82) is 0 Å². The summed E-state index contributed by atoms with van der Waals surface area (Å²) >= 11 is 0. The number of rotatable bonds is 4. The molecular weight excluding hydrogens is 254 g/mol. The SMILES string of the molecule is COC(C)(C)C(=O)Nc1ccc(C#CCCO)c(C)c1. The molecule has 0 saturated heterocycles. The molecule has 0 spiro atoms. The second-order valence-corrected chi connectivity index (χ2v) is 4.97. The predicted octanol–water partition coefficient (Wildman–Crippen LogP) is 2.09. The molecule has 20 heavy (non-hydrogen) atoms. The van der Waals surface area contributed by atoms with Crippen LogP contribution in [0.5, 0.6) is 0 Å². The average molecular weight is 275 g/mol. The van der Waals surface area contributed by atoms with Crippen LogP contribution in [0.4, 0.5) is 5.69 Å². The lowest BCUT2D eigenvalue weighted by Crippen LogP contribution is -2.38. The maximum absolute atomic E-state index is 12.0. The number of carbonyl (C=O) groups excluding carboxylic acids is 1. The van der Waals surface area contributed by atoms with Crippen molar-refractivity contribution in [3.05, 3.63) is 29.3 Å². The van der Waals surface area contributed by atoms with Gasteiger partial charge in [0.1, 0.15) is 5.60 Å². The smallest absolute Gasteiger partial charge is 0.256 e. The molecule has 4 nitrogen and oxygen atoms in total. The first kappa shape index (κ1) is 16.2. The Morgan fingerprint density at radius 1 is 1.45 bits per heavy atom. The van der Waals surface area contributed by atoms with Crippen molar-refractivity contribution < 1.29 is 14.6 Å². The van der Waals surface area contributed by atoms with Crippen LogP contribution in [0.15, 0.2) is 18.2 Å². The maximum Gasteiger partial charge on any atom is 0.256 e. The number of nitrogens with one attached hydrogen (secondary N) is 1. The first-order valence-corrected chi connectivity index (χ1v) is 6.47. The lowest BCUT2D eigenvalue weighted by molar-refractivity contribution is -0.133. The lowest BCUT2D eigenvalue weighted by atomic mass is 10.1. The van der Waals surface area contributed by atoms with E-state index in [2.05, 4.69) is 17.2 Å². The number of aliphatic hydroxyl groups is 1. The number of ether oxygens (including phenoxy) is 1. The summed E-state index contributed by atoms with van der Waals surface area (Å²) < 4.78 is 5.13. The summed E-state index contributed by atoms with van der Waals surface area (Å²) in [6, 6.07) is 5.53. The largest absolute Gasteiger partial charge is 0.395 e. The molecule has 0 saturated carbocycles. The summed E-state index contributed by atoms with van der Waals surface area (Å²) in [5, 5.41) is 11.5. The fraction of sp³-hybridized carbons (Fsp3) is 0.438. The zero-order valence-corrected chi connectivity index (χ0v) is 12.4. The number of carbonyl (C=O) groups is 1. The fourth-order valence-electron chi connectivity index (χ4n) is 1.47. The highest BCUT2D eigenvalue weighted by molar-refractivity contribution is 5.96. The van der Waals surface area contributed by atoms with Gasteiger partial charge in [-0.2, -0.15) is 0 Å². The second-order valence-electron chi connectivity index (χ2n) is 4.97. The Hall–Kier alpha value is -1.83. The molecule has 108 valence electrons. The van der Waals surface area contributed by atoms with E-state index in [9.17, 15) is 4.79 Å². The van der Waals surface area contributed by atoms with Crippen LogP contribution in [-0.2, 0) is 9.53 Å².